The predicted octanol–water partition coefficient (Wildman–Crippen LogP) is 2.51. The molecule has 6 amide bonds. The lowest BCUT2D eigenvalue weighted by atomic mass is 9.72. The van der Waals surface area contributed by atoms with Crippen molar-refractivity contribution in [2.75, 3.05) is 26.2 Å². The summed E-state index contributed by atoms with van der Waals surface area (Å²) in [6.45, 7) is 0.293. The van der Waals surface area contributed by atoms with Crippen molar-refractivity contribution in [3.05, 3.63) is 81.1 Å². The maximum Gasteiger partial charge on any atom is 0.547 e. The van der Waals surface area contributed by atoms with Gasteiger partial charge in [-0.1, -0.05) is 17.7 Å². The maximum absolute atomic E-state index is 14.7. The zero-order valence-corrected chi connectivity index (χ0v) is 28.5. The standard InChI is InChI=1S/C33H30BClF3N5O11/c35-24-17(13-20(38)26(45)27(24)46)25(29(47)39-22-12-14-1-4-19(37)23(31(49)50)28(14)54-34(22)53)40-32(51)43-10-9-42(33(43)52)16-5-7-41(8-6-16)30(48)15-2-3-18(36)21(44)11-15/h1-4,11,13,16,22,25,44-46,53H,5-10,12H2,(H,39,47)(H,40,51)(H,49,50)/t22-,25+/m0/s1. The summed E-state index contributed by atoms with van der Waals surface area (Å²) in [7, 11) is -1.95. The average Bonchev–Trinajstić information content (AvgIpc) is 3.53. The van der Waals surface area contributed by atoms with Gasteiger partial charge in [0.05, 0.1) is 11.0 Å². The van der Waals surface area contributed by atoms with Gasteiger partial charge in [0.15, 0.2) is 28.9 Å². The fourth-order valence-corrected chi connectivity index (χ4v) is 6.89. The Morgan fingerprint density at radius 1 is 0.926 bits per heavy atom. The SMILES string of the molecule is O=C(O)c1c(F)ccc2c1OB(O)[C@@H](NC(=O)[C@H](NC(=O)N1CCN(C3CCN(C(=O)c4ccc(F)c(O)c4)CC3)C1=O)c1cc(F)c(O)c(O)c1Cl)C2. The quantitative estimate of drug-likeness (QED) is 0.136. The van der Waals surface area contributed by atoms with Gasteiger partial charge in [-0.25, -0.2) is 32.5 Å². The number of hydrogen-bond acceptors (Lipinski definition) is 10. The molecule has 0 bridgehead atoms. The smallest absolute Gasteiger partial charge is 0.534 e. The van der Waals surface area contributed by atoms with E-state index in [1.165, 1.54) is 21.9 Å². The third-order valence-corrected chi connectivity index (χ3v) is 9.86. The van der Waals surface area contributed by atoms with E-state index >= 15 is 0 Å². The molecule has 2 fully saturated rings. The highest BCUT2D eigenvalue weighted by molar-refractivity contribution is 6.47. The van der Waals surface area contributed by atoms with Gasteiger partial charge in [-0.3, -0.25) is 9.59 Å². The first-order valence-electron chi connectivity index (χ1n) is 16.3. The zero-order valence-electron chi connectivity index (χ0n) is 27.8. The minimum absolute atomic E-state index is 0.0624. The van der Waals surface area contributed by atoms with Crippen molar-refractivity contribution >= 4 is 48.6 Å². The fraction of sp³-hybridized carbons (Fsp3) is 0.303. The molecule has 2 saturated heterocycles. The number of likely N-dealkylation sites (tertiary alicyclic amines) is 1. The van der Waals surface area contributed by atoms with Gasteiger partial charge in [-0.05, 0) is 55.2 Å². The lowest BCUT2D eigenvalue weighted by Crippen LogP contribution is -2.56. The number of imide groups is 1. The minimum atomic E-state index is -1.98. The molecule has 3 aromatic rings. The molecular weight excluding hydrogens is 746 g/mol. The third-order valence-electron chi connectivity index (χ3n) is 9.46. The van der Waals surface area contributed by atoms with Crippen molar-refractivity contribution in [2.24, 2.45) is 0 Å². The van der Waals surface area contributed by atoms with Gasteiger partial charge >= 0.3 is 25.1 Å². The largest absolute Gasteiger partial charge is 0.547 e. The van der Waals surface area contributed by atoms with Gasteiger partial charge in [0, 0.05) is 43.3 Å². The number of benzene rings is 3. The van der Waals surface area contributed by atoms with Crippen LogP contribution in [0.1, 0.15) is 50.7 Å². The van der Waals surface area contributed by atoms with E-state index in [2.05, 4.69) is 10.6 Å². The number of urea groups is 2. The minimum Gasteiger partial charge on any atom is -0.534 e. The number of carboxylic acids is 1. The molecule has 0 radical (unpaired) electrons. The number of aromatic carboxylic acids is 1. The summed E-state index contributed by atoms with van der Waals surface area (Å²) in [5.41, 5.74) is -1.25. The number of rotatable bonds is 7. The number of nitrogens with zero attached hydrogens (tertiary/aromatic N) is 3. The first-order chi connectivity index (χ1) is 25.6. The Bertz CT molecular complexity index is 2070. The van der Waals surface area contributed by atoms with E-state index in [0.717, 1.165) is 23.1 Å². The summed E-state index contributed by atoms with van der Waals surface area (Å²) in [6.07, 6.45) is 0.313. The molecule has 0 spiro atoms. The Hall–Kier alpha value is -5.89. The molecule has 0 saturated carbocycles. The number of fused-ring (bicyclic) bond motifs is 1. The third kappa shape index (κ3) is 7.08. The first-order valence-corrected chi connectivity index (χ1v) is 16.7. The maximum atomic E-state index is 14.7. The number of carbonyl (C=O) groups is 5. The van der Waals surface area contributed by atoms with Crippen LogP contribution in [0.3, 0.4) is 0 Å². The van der Waals surface area contributed by atoms with Crippen molar-refractivity contribution < 1.29 is 67.2 Å². The molecule has 3 aromatic carbocycles. The van der Waals surface area contributed by atoms with Gasteiger partial charge in [0.1, 0.15) is 23.2 Å². The second kappa shape index (κ2) is 14.9. The Labute approximate surface area is 308 Å². The number of hydrogen-bond donors (Lipinski definition) is 7. The average molecular weight is 776 g/mol. The summed E-state index contributed by atoms with van der Waals surface area (Å²) >= 11 is 6.17. The van der Waals surface area contributed by atoms with E-state index in [1.54, 1.807) is 0 Å². The first kappa shape index (κ1) is 37.9. The van der Waals surface area contributed by atoms with Crippen molar-refractivity contribution in [3.63, 3.8) is 0 Å². The predicted molar refractivity (Wildman–Crippen MR) is 179 cm³/mol. The normalized spacial score (nSPS) is 17.9. The van der Waals surface area contributed by atoms with Crippen molar-refractivity contribution in [3.8, 4) is 23.0 Å². The van der Waals surface area contributed by atoms with Crippen LogP contribution in [-0.2, 0) is 11.2 Å². The number of carbonyl (C=O) groups excluding carboxylic acids is 4. The fourth-order valence-electron chi connectivity index (χ4n) is 6.63. The van der Waals surface area contributed by atoms with E-state index in [0.29, 0.717) is 18.9 Å². The topological polar surface area (TPSA) is 230 Å². The molecule has 2 atom stereocenters. The van der Waals surface area contributed by atoms with Crippen LogP contribution in [0.25, 0.3) is 0 Å². The molecule has 7 N–H and O–H groups in total. The van der Waals surface area contributed by atoms with E-state index < -0.39 is 112 Å². The van der Waals surface area contributed by atoms with Crippen LogP contribution in [-0.4, -0.2) is 115 Å². The number of amides is 6. The molecule has 3 heterocycles. The van der Waals surface area contributed by atoms with Crippen LogP contribution in [0.4, 0.5) is 22.8 Å². The van der Waals surface area contributed by atoms with Crippen molar-refractivity contribution in [2.45, 2.75) is 37.3 Å². The molecule has 0 aromatic heterocycles. The van der Waals surface area contributed by atoms with Crippen LogP contribution in [0.2, 0.25) is 5.02 Å². The molecule has 3 aliphatic rings. The summed E-state index contributed by atoms with van der Waals surface area (Å²) in [6, 6.07) is 1.50. The molecule has 6 rings (SSSR count). The Morgan fingerprint density at radius 2 is 1.61 bits per heavy atom. The molecule has 0 unspecified atom stereocenters. The summed E-state index contributed by atoms with van der Waals surface area (Å²) in [5.74, 6) is -11.7. The summed E-state index contributed by atoms with van der Waals surface area (Å²) < 4.78 is 47.6. The molecule has 0 aliphatic carbocycles. The van der Waals surface area contributed by atoms with E-state index in [4.69, 9.17) is 16.3 Å². The second-order valence-corrected chi connectivity index (χ2v) is 13.1. The van der Waals surface area contributed by atoms with Gasteiger partial charge < -0.3 is 50.5 Å². The van der Waals surface area contributed by atoms with Gasteiger partial charge in [0.25, 0.3) is 5.91 Å². The van der Waals surface area contributed by atoms with Gasteiger partial charge in [0.2, 0.25) is 5.91 Å². The highest BCUT2D eigenvalue weighted by atomic mass is 35.5. The van der Waals surface area contributed by atoms with Crippen LogP contribution in [0, 0.1) is 17.5 Å². The van der Waals surface area contributed by atoms with Crippen molar-refractivity contribution in [1.82, 2.24) is 25.3 Å². The molecule has 21 heteroatoms. The van der Waals surface area contributed by atoms with E-state index in [9.17, 15) is 62.6 Å². The lowest BCUT2D eigenvalue weighted by molar-refractivity contribution is -0.123. The second-order valence-electron chi connectivity index (χ2n) is 12.7. The van der Waals surface area contributed by atoms with Crippen molar-refractivity contribution in [1.29, 1.82) is 0 Å². The lowest BCUT2D eigenvalue weighted by Gasteiger charge is -2.36. The number of phenols is 3. The van der Waals surface area contributed by atoms with Gasteiger partial charge in [-0.15, -0.1) is 0 Å². The summed E-state index contributed by atoms with van der Waals surface area (Å²) in [4.78, 5) is 69.0. The van der Waals surface area contributed by atoms with Crippen LogP contribution >= 0.6 is 11.6 Å². The highest BCUT2D eigenvalue weighted by Crippen LogP contribution is 2.41. The highest BCUT2D eigenvalue weighted by Gasteiger charge is 2.43. The molecule has 3 aliphatic heterocycles. The number of aromatic hydroxyl groups is 3. The van der Waals surface area contributed by atoms with Crippen LogP contribution < -0.4 is 15.3 Å². The van der Waals surface area contributed by atoms with Gasteiger partial charge in [-0.2, -0.15) is 0 Å². The molecule has 54 heavy (non-hydrogen) atoms. The van der Waals surface area contributed by atoms with E-state index in [-0.39, 0.29) is 43.7 Å². The van der Waals surface area contributed by atoms with Crippen LogP contribution in [0.5, 0.6) is 23.0 Å². The molecule has 16 nitrogen and oxygen atoms in total. The molecular formula is C33H30BClF3N5O11. The number of phenolic OH excluding ortho intramolecular Hbond substituents is 3. The number of halogens is 4. The number of carboxylic acid groups (broad SMARTS) is 1. The number of nitrogens with one attached hydrogen (secondary N) is 2. The Kier molecular flexibility index (Phi) is 10.4. The Balaban J connectivity index is 1.17. The monoisotopic (exact) mass is 775 g/mol. The van der Waals surface area contributed by atoms with Crippen LogP contribution in [0.15, 0.2) is 36.4 Å². The Morgan fingerprint density at radius 3 is 2.28 bits per heavy atom. The van der Waals surface area contributed by atoms with E-state index in [1.807, 2.05) is 0 Å². The number of piperidine rings is 1. The zero-order chi connectivity index (χ0) is 39.2. The summed E-state index contributed by atoms with van der Waals surface area (Å²) in [5, 5.41) is 53.7. The molecule has 284 valence electrons.